The van der Waals surface area contributed by atoms with Gasteiger partial charge in [0.25, 0.3) is 0 Å². The summed E-state index contributed by atoms with van der Waals surface area (Å²) in [7, 11) is 0. The summed E-state index contributed by atoms with van der Waals surface area (Å²) >= 11 is 5.32. The Balaban J connectivity index is 1.58. The first-order chi connectivity index (χ1) is 11.9. The second-order valence-corrected chi connectivity index (χ2v) is 6.15. The van der Waals surface area contributed by atoms with E-state index in [1.165, 1.54) is 12.1 Å². The average molecular weight is 360 g/mol. The maximum Gasteiger partial charge on any atom is 0.416 e. The first-order valence-electron chi connectivity index (χ1n) is 7.72. The summed E-state index contributed by atoms with van der Waals surface area (Å²) in [6, 6.07) is 14.9. The molecule has 1 aromatic heterocycles. The number of thiocarbonyl (C=S) groups is 1. The van der Waals surface area contributed by atoms with Gasteiger partial charge < -0.3 is 5.32 Å². The van der Waals surface area contributed by atoms with Gasteiger partial charge in [-0.15, -0.1) is 0 Å². The standard InChI is InChI=1S/C19H15F3N2S/c20-19(21,22)15-8-5-13(6-9-15)7-10-18(25)24-16-11-14-3-1-2-4-17(14)23-12-16/h1-6,8-9,11-12H,7,10H2,(H,24,25). The third kappa shape index (κ3) is 4.54. The van der Waals surface area contributed by atoms with Crippen LogP contribution in [0.5, 0.6) is 0 Å². The van der Waals surface area contributed by atoms with E-state index >= 15 is 0 Å². The Morgan fingerprint density at radius 2 is 1.76 bits per heavy atom. The molecule has 0 aliphatic carbocycles. The molecule has 0 aliphatic rings. The number of hydrogen-bond donors (Lipinski definition) is 1. The molecule has 0 radical (unpaired) electrons. The lowest BCUT2D eigenvalue weighted by Gasteiger charge is -2.10. The number of aryl methyl sites for hydroxylation is 1. The number of fused-ring (bicyclic) bond motifs is 1. The first kappa shape index (κ1) is 17.4. The highest BCUT2D eigenvalue weighted by molar-refractivity contribution is 7.80. The van der Waals surface area contributed by atoms with Crippen LogP contribution < -0.4 is 5.32 Å². The van der Waals surface area contributed by atoms with Crippen LogP contribution >= 0.6 is 12.2 Å². The smallest absolute Gasteiger partial charge is 0.349 e. The van der Waals surface area contributed by atoms with Gasteiger partial charge in [-0.3, -0.25) is 4.98 Å². The van der Waals surface area contributed by atoms with Crippen LogP contribution in [0.3, 0.4) is 0 Å². The molecule has 0 aliphatic heterocycles. The predicted molar refractivity (Wildman–Crippen MR) is 97.7 cm³/mol. The SMILES string of the molecule is FC(F)(F)c1ccc(CCC(=S)Nc2cnc3ccccc3c2)cc1. The summed E-state index contributed by atoms with van der Waals surface area (Å²) in [5.74, 6) is 0. The number of nitrogens with one attached hydrogen (secondary N) is 1. The molecule has 0 fully saturated rings. The number of benzene rings is 2. The lowest BCUT2D eigenvalue weighted by molar-refractivity contribution is -0.137. The Morgan fingerprint density at radius 3 is 2.48 bits per heavy atom. The topological polar surface area (TPSA) is 24.9 Å². The van der Waals surface area contributed by atoms with E-state index in [0.717, 1.165) is 34.3 Å². The summed E-state index contributed by atoms with van der Waals surface area (Å²) in [6.07, 6.45) is -1.47. The molecule has 128 valence electrons. The molecular formula is C19H15F3N2S. The van der Waals surface area contributed by atoms with E-state index in [1.54, 1.807) is 6.20 Å². The fourth-order valence-corrected chi connectivity index (χ4v) is 2.70. The zero-order chi connectivity index (χ0) is 17.9. The van der Waals surface area contributed by atoms with Crippen LogP contribution in [0.4, 0.5) is 18.9 Å². The number of pyridine rings is 1. The molecule has 3 rings (SSSR count). The van der Waals surface area contributed by atoms with Gasteiger partial charge >= 0.3 is 6.18 Å². The molecule has 0 amide bonds. The number of hydrogen-bond acceptors (Lipinski definition) is 2. The number of nitrogens with zero attached hydrogens (tertiary/aromatic N) is 1. The maximum atomic E-state index is 12.6. The van der Waals surface area contributed by atoms with Gasteiger partial charge in [0.05, 0.1) is 28.0 Å². The molecule has 0 saturated heterocycles. The van der Waals surface area contributed by atoms with Crippen molar-refractivity contribution >= 4 is 33.8 Å². The molecule has 1 N–H and O–H groups in total. The Bertz CT molecular complexity index is 889. The molecule has 0 unspecified atom stereocenters. The highest BCUT2D eigenvalue weighted by atomic mass is 32.1. The van der Waals surface area contributed by atoms with Crippen molar-refractivity contribution in [3.63, 3.8) is 0 Å². The largest absolute Gasteiger partial charge is 0.416 e. The molecule has 3 aromatic rings. The van der Waals surface area contributed by atoms with Gasteiger partial charge in [-0.1, -0.05) is 42.5 Å². The molecule has 0 bridgehead atoms. The lowest BCUT2D eigenvalue weighted by atomic mass is 10.1. The van der Waals surface area contributed by atoms with Gasteiger partial charge in [0.1, 0.15) is 0 Å². The normalized spacial score (nSPS) is 11.5. The molecule has 6 heteroatoms. The molecule has 2 aromatic carbocycles. The summed E-state index contributed by atoms with van der Waals surface area (Å²) in [6.45, 7) is 0. The quantitative estimate of drug-likeness (QED) is 0.611. The molecule has 1 heterocycles. The second kappa shape index (κ2) is 7.19. The summed E-state index contributed by atoms with van der Waals surface area (Å²) in [5.41, 5.74) is 1.88. The zero-order valence-electron chi connectivity index (χ0n) is 13.2. The third-order valence-electron chi connectivity index (χ3n) is 3.80. The summed E-state index contributed by atoms with van der Waals surface area (Å²) in [4.78, 5) is 4.98. The summed E-state index contributed by atoms with van der Waals surface area (Å²) in [5, 5.41) is 4.14. The minimum Gasteiger partial charge on any atom is -0.349 e. The summed E-state index contributed by atoms with van der Waals surface area (Å²) < 4.78 is 37.7. The second-order valence-electron chi connectivity index (χ2n) is 5.66. The first-order valence-corrected chi connectivity index (χ1v) is 8.13. The number of aromatic nitrogens is 1. The van der Waals surface area contributed by atoms with Gasteiger partial charge in [-0.2, -0.15) is 13.2 Å². The van der Waals surface area contributed by atoms with Gasteiger partial charge in [0.15, 0.2) is 0 Å². The van der Waals surface area contributed by atoms with Crippen molar-refractivity contribution in [3.05, 3.63) is 71.9 Å². The van der Waals surface area contributed by atoms with Crippen LogP contribution in [0.25, 0.3) is 10.9 Å². The van der Waals surface area contributed by atoms with Crippen molar-refractivity contribution in [2.24, 2.45) is 0 Å². The zero-order valence-corrected chi connectivity index (χ0v) is 14.0. The minimum absolute atomic E-state index is 0.549. The van der Waals surface area contributed by atoms with Crippen LogP contribution in [-0.4, -0.2) is 9.97 Å². The van der Waals surface area contributed by atoms with Crippen LogP contribution in [0, 0.1) is 0 Å². The number of anilines is 1. The fourth-order valence-electron chi connectivity index (χ4n) is 2.48. The van der Waals surface area contributed by atoms with Gasteiger partial charge in [-0.25, -0.2) is 0 Å². The fraction of sp³-hybridized carbons (Fsp3) is 0.158. The van der Waals surface area contributed by atoms with Crippen LogP contribution in [0.1, 0.15) is 17.5 Å². The maximum absolute atomic E-state index is 12.6. The molecule has 2 nitrogen and oxygen atoms in total. The Labute approximate surface area is 148 Å². The van der Waals surface area contributed by atoms with Crippen molar-refractivity contribution in [2.75, 3.05) is 5.32 Å². The van der Waals surface area contributed by atoms with Crippen molar-refractivity contribution < 1.29 is 13.2 Å². The van der Waals surface area contributed by atoms with E-state index in [1.807, 2.05) is 30.3 Å². The van der Waals surface area contributed by atoms with Gasteiger partial charge in [0, 0.05) is 11.8 Å². The van der Waals surface area contributed by atoms with E-state index < -0.39 is 11.7 Å². The average Bonchev–Trinajstić information content (AvgIpc) is 2.59. The number of halogens is 3. The lowest BCUT2D eigenvalue weighted by Crippen LogP contribution is -2.10. The predicted octanol–water partition coefficient (Wildman–Crippen LogP) is 5.63. The van der Waals surface area contributed by atoms with Crippen molar-refractivity contribution in [1.82, 2.24) is 4.98 Å². The van der Waals surface area contributed by atoms with Crippen molar-refractivity contribution in [1.29, 1.82) is 0 Å². The van der Waals surface area contributed by atoms with Crippen LogP contribution in [0.2, 0.25) is 0 Å². The van der Waals surface area contributed by atoms with E-state index in [-0.39, 0.29) is 0 Å². The van der Waals surface area contributed by atoms with Crippen molar-refractivity contribution in [2.45, 2.75) is 19.0 Å². The minimum atomic E-state index is -4.31. The van der Waals surface area contributed by atoms with Gasteiger partial charge in [-0.05, 0) is 36.2 Å². The van der Waals surface area contributed by atoms with Crippen LogP contribution in [0.15, 0.2) is 60.8 Å². The number of rotatable bonds is 4. The molecule has 25 heavy (non-hydrogen) atoms. The monoisotopic (exact) mass is 360 g/mol. The van der Waals surface area contributed by atoms with E-state index in [2.05, 4.69) is 10.3 Å². The number of alkyl halides is 3. The third-order valence-corrected chi connectivity index (χ3v) is 4.10. The molecule has 0 saturated carbocycles. The van der Waals surface area contributed by atoms with E-state index in [9.17, 15) is 13.2 Å². The molecule has 0 atom stereocenters. The van der Waals surface area contributed by atoms with Crippen molar-refractivity contribution in [3.8, 4) is 0 Å². The highest BCUT2D eigenvalue weighted by Gasteiger charge is 2.29. The molecular weight excluding hydrogens is 345 g/mol. The van der Waals surface area contributed by atoms with Gasteiger partial charge in [0.2, 0.25) is 0 Å². The highest BCUT2D eigenvalue weighted by Crippen LogP contribution is 2.29. The number of para-hydroxylation sites is 1. The Kier molecular flexibility index (Phi) is 4.99. The Hall–Kier alpha value is -2.47. The van der Waals surface area contributed by atoms with E-state index in [0.29, 0.717) is 17.8 Å². The Morgan fingerprint density at radius 1 is 1.04 bits per heavy atom. The van der Waals surface area contributed by atoms with Crippen LogP contribution in [-0.2, 0) is 12.6 Å². The van der Waals surface area contributed by atoms with E-state index in [4.69, 9.17) is 12.2 Å². The molecule has 0 spiro atoms.